The summed E-state index contributed by atoms with van der Waals surface area (Å²) in [6.07, 6.45) is 0. The van der Waals surface area contributed by atoms with Gasteiger partial charge in [0.25, 0.3) is 5.91 Å². The van der Waals surface area contributed by atoms with E-state index in [-0.39, 0.29) is 16.3 Å². The Hall–Kier alpha value is -2.05. The van der Waals surface area contributed by atoms with Crippen molar-refractivity contribution < 1.29 is 19.8 Å². The van der Waals surface area contributed by atoms with Gasteiger partial charge in [0, 0.05) is 9.90 Å². The van der Waals surface area contributed by atoms with Crippen molar-refractivity contribution in [3.63, 3.8) is 0 Å². The minimum Gasteiger partial charge on any atom is -0.507 e. The van der Waals surface area contributed by atoms with Gasteiger partial charge in [-0.25, -0.2) is 4.79 Å². The fourth-order valence-corrected chi connectivity index (χ4v) is 2.55. The third-order valence-electron chi connectivity index (χ3n) is 2.55. The van der Waals surface area contributed by atoms with E-state index in [9.17, 15) is 14.7 Å². The second-order valence-corrected chi connectivity index (χ2v) is 5.34. The van der Waals surface area contributed by atoms with Crippen LogP contribution < -0.4 is 5.32 Å². The van der Waals surface area contributed by atoms with Crippen LogP contribution in [-0.2, 0) is 4.79 Å². The summed E-state index contributed by atoms with van der Waals surface area (Å²) < 4.78 is 0. The van der Waals surface area contributed by atoms with E-state index in [0.29, 0.717) is 4.88 Å². The second-order valence-electron chi connectivity index (χ2n) is 3.92. The molecule has 1 aromatic carbocycles. The van der Waals surface area contributed by atoms with Crippen molar-refractivity contribution in [1.82, 2.24) is 5.32 Å². The molecule has 0 saturated heterocycles. The molecular formula is C13H10ClNO4S. The Kier molecular flexibility index (Phi) is 4.26. The van der Waals surface area contributed by atoms with E-state index in [1.165, 1.54) is 29.5 Å². The number of phenolic OH excluding ortho intramolecular Hbond substituents is 1. The minimum atomic E-state index is -1.17. The maximum absolute atomic E-state index is 12.0. The zero-order valence-electron chi connectivity index (χ0n) is 10.0. The number of carboxylic acids is 1. The van der Waals surface area contributed by atoms with Crippen molar-refractivity contribution >= 4 is 34.8 Å². The van der Waals surface area contributed by atoms with Crippen LogP contribution in [0.4, 0.5) is 0 Å². The Morgan fingerprint density at radius 3 is 2.60 bits per heavy atom. The summed E-state index contributed by atoms with van der Waals surface area (Å²) in [5, 5.41) is 23.2. The van der Waals surface area contributed by atoms with E-state index in [0.717, 1.165) is 0 Å². The largest absolute Gasteiger partial charge is 0.507 e. The molecule has 0 aliphatic heterocycles. The Morgan fingerprint density at radius 1 is 1.30 bits per heavy atom. The molecule has 0 fully saturated rings. The second kappa shape index (κ2) is 5.94. The molecule has 0 saturated carbocycles. The summed E-state index contributed by atoms with van der Waals surface area (Å²) in [4.78, 5) is 23.7. The van der Waals surface area contributed by atoms with Gasteiger partial charge in [0.15, 0.2) is 6.04 Å². The molecule has 1 atom stereocenters. The molecule has 3 N–H and O–H groups in total. The minimum absolute atomic E-state index is 0.0304. The molecule has 0 radical (unpaired) electrons. The lowest BCUT2D eigenvalue weighted by Crippen LogP contribution is -2.33. The molecule has 104 valence electrons. The zero-order valence-corrected chi connectivity index (χ0v) is 11.6. The smallest absolute Gasteiger partial charge is 0.331 e. The van der Waals surface area contributed by atoms with Crippen LogP contribution in [0.1, 0.15) is 21.3 Å². The molecule has 1 aromatic heterocycles. The van der Waals surface area contributed by atoms with Crippen LogP contribution in [0.15, 0.2) is 35.7 Å². The highest BCUT2D eigenvalue weighted by Gasteiger charge is 2.24. The lowest BCUT2D eigenvalue weighted by atomic mass is 10.1. The van der Waals surface area contributed by atoms with E-state index in [1.54, 1.807) is 17.5 Å². The first kappa shape index (κ1) is 14.4. The van der Waals surface area contributed by atoms with Crippen molar-refractivity contribution in [2.45, 2.75) is 6.04 Å². The molecule has 5 nitrogen and oxygen atoms in total. The number of hydrogen-bond donors (Lipinski definition) is 3. The molecule has 0 bridgehead atoms. The van der Waals surface area contributed by atoms with E-state index >= 15 is 0 Å². The number of hydrogen-bond acceptors (Lipinski definition) is 4. The zero-order chi connectivity index (χ0) is 14.7. The van der Waals surface area contributed by atoms with Gasteiger partial charge in [-0.2, -0.15) is 0 Å². The third kappa shape index (κ3) is 3.09. The standard InChI is InChI=1S/C13H10ClNO4S/c14-7-3-4-8(9(16)6-7)12(17)15-11(13(18)19)10-2-1-5-20-10/h1-6,11,16H,(H,15,17)(H,18,19). The fourth-order valence-electron chi connectivity index (χ4n) is 1.62. The normalized spacial score (nSPS) is 11.8. The van der Waals surface area contributed by atoms with Gasteiger partial charge >= 0.3 is 5.97 Å². The molecule has 7 heteroatoms. The quantitative estimate of drug-likeness (QED) is 0.810. The molecular weight excluding hydrogens is 302 g/mol. The lowest BCUT2D eigenvalue weighted by molar-refractivity contribution is -0.139. The Bertz CT molecular complexity index is 642. The van der Waals surface area contributed by atoms with Crippen LogP contribution in [0.3, 0.4) is 0 Å². The van der Waals surface area contributed by atoms with Crippen molar-refractivity contribution in [2.75, 3.05) is 0 Å². The highest BCUT2D eigenvalue weighted by molar-refractivity contribution is 7.10. The van der Waals surface area contributed by atoms with Gasteiger partial charge < -0.3 is 15.5 Å². The van der Waals surface area contributed by atoms with Gasteiger partial charge in [-0.15, -0.1) is 11.3 Å². The lowest BCUT2D eigenvalue weighted by Gasteiger charge is -2.13. The number of carbonyl (C=O) groups excluding carboxylic acids is 1. The SMILES string of the molecule is O=C(NC(C(=O)O)c1cccs1)c1ccc(Cl)cc1O. The van der Waals surface area contributed by atoms with Crippen molar-refractivity contribution in [3.8, 4) is 5.75 Å². The highest BCUT2D eigenvalue weighted by atomic mass is 35.5. The van der Waals surface area contributed by atoms with Crippen LogP contribution in [0.2, 0.25) is 5.02 Å². The average Bonchev–Trinajstić information content (AvgIpc) is 2.88. The van der Waals surface area contributed by atoms with E-state index in [4.69, 9.17) is 16.7 Å². The topological polar surface area (TPSA) is 86.6 Å². The Balaban J connectivity index is 2.23. The molecule has 20 heavy (non-hydrogen) atoms. The number of halogens is 1. The number of rotatable bonds is 4. The van der Waals surface area contributed by atoms with Gasteiger partial charge in [0.05, 0.1) is 5.56 Å². The van der Waals surface area contributed by atoms with E-state index in [2.05, 4.69) is 5.32 Å². The predicted octanol–water partition coefficient (Wildman–Crippen LogP) is 2.66. The van der Waals surface area contributed by atoms with Crippen molar-refractivity contribution in [1.29, 1.82) is 0 Å². The third-order valence-corrected chi connectivity index (χ3v) is 3.73. The first-order valence-electron chi connectivity index (χ1n) is 5.54. The van der Waals surface area contributed by atoms with E-state index < -0.39 is 17.9 Å². The number of thiophene rings is 1. The average molecular weight is 312 g/mol. The summed E-state index contributed by atoms with van der Waals surface area (Å²) in [7, 11) is 0. The summed E-state index contributed by atoms with van der Waals surface area (Å²) in [6, 6.07) is 6.15. The van der Waals surface area contributed by atoms with E-state index in [1.807, 2.05) is 0 Å². The molecule has 2 rings (SSSR count). The summed E-state index contributed by atoms with van der Waals surface area (Å²) in [5.74, 6) is -2.15. The molecule has 1 heterocycles. The number of carboxylic acid groups (broad SMARTS) is 1. The highest BCUT2D eigenvalue weighted by Crippen LogP contribution is 2.24. The van der Waals surface area contributed by atoms with Crippen LogP contribution in [0.5, 0.6) is 5.75 Å². The Labute approximate surface area is 123 Å². The fraction of sp³-hybridized carbons (Fsp3) is 0.0769. The molecule has 0 aliphatic rings. The molecule has 2 aromatic rings. The number of amides is 1. The van der Waals surface area contributed by atoms with Gasteiger partial charge in [-0.1, -0.05) is 17.7 Å². The maximum Gasteiger partial charge on any atom is 0.331 e. The van der Waals surface area contributed by atoms with Gasteiger partial charge in [0.1, 0.15) is 5.75 Å². The Morgan fingerprint density at radius 2 is 2.05 bits per heavy atom. The maximum atomic E-state index is 12.0. The predicted molar refractivity (Wildman–Crippen MR) is 75.3 cm³/mol. The number of aliphatic carboxylic acids is 1. The van der Waals surface area contributed by atoms with Crippen LogP contribution in [-0.4, -0.2) is 22.1 Å². The van der Waals surface area contributed by atoms with Gasteiger partial charge in [-0.3, -0.25) is 4.79 Å². The first-order chi connectivity index (χ1) is 9.49. The number of carbonyl (C=O) groups is 2. The van der Waals surface area contributed by atoms with Crippen LogP contribution in [0.25, 0.3) is 0 Å². The molecule has 1 amide bonds. The molecule has 0 aliphatic carbocycles. The first-order valence-corrected chi connectivity index (χ1v) is 6.80. The number of aromatic hydroxyl groups is 1. The van der Waals surface area contributed by atoms with Gasteiger partial charge in [-0.05, 0) is 29.6 Å². The van der Waals surface area contributed by atoms with Crippen molar-refractivity contribution in [3.05, 3.63) is 51.2 Å². The molecule has 0 spiro atoms. The summed E-state index contributed by atoms with van der Waals surface area (Å²) in [5.41, 5.74) is -0.0304. The van der Waals surface area contributed by atoms with Gasteiger partial charge in [0.2, 0.25) is 0 Å². The van der Waals surface area contributed by atoms with Crippen LogP contribution in [0, 0.1) is 0 Å². The summed E-state index contributed by atoms with van der Waals surface area (Å²) >= 11 is 6.90. The number of nitrogens with one attached hydrogen (secondary N) is 1. The van der Waals surface area contributed by atoms with Crippen LogP contribution >= 0.6 is 22.9 Å². The number of phenols is 1. The number of benzene rings is 1. The summed E-state index contributed by atoms with van der Waals surface area (Å²) in [6.45, 7) is 0. The molecule has 1 unspecified atom stereocenters. The monoisotopic (exact) mass is 311 g/mol. The van der Waals surface area contributed by atoms with Crippen molar-refractivity contribution in [2.24, 2.45) is 0 Å².